The van der Waals surface area contributed by atoms with E-state index in [1.807, 2.05) is 0 Å². The lowest BCUT2D eigenvalue weighted by molar-refractivity contribution is -0.301. The molecule has 1 saturated heterocycles. The smallest absolute Gasteiger partial charge is 0.172 e. The van der Waals surface area contributed by atoms with Gasteiger partial charge >= 0.3 is 0 Å². The van der Waals surface area contributed by atoms with E-state index in [4.69, 9.17) is 9.47 Å². The fourth-order valence-electron chi connectivity index (χ4n) is 1.82. The van der Waals surface area contributed by atoms with E-state index in [9.17, 15) is 9.90 Å². The summed E-state index contributed by atoms with van der Waals surface area (Å²) in [5.41, 5.74) is 0.299. The Morgan fingerprint density at radius 3 is 2.77 bits per heavy atom. The second-order valence-electron chi connectivity index (χ2n) is 3.34. The van der Waals surface area contributed by atoms with Crippen LogP contribution in [-0.2, 0) is 14.3 Å². The summed E-state index contributed by atoms with van der Waals surface area (Å²) >= 11 is 0. The van der Waals surface area contributed by atoms with Gasteiger partial charge in [-0.2, -0.15) is 0 Å². The average molecular weight is 183 g/mol. The number of aliphatic carboxylic acids is 1. The Kier molecular flexibility index (Phi) is 2.09. The van der Waals surface area contributed by atoms with Crippen LogP contribution in [0.5, 0.6) is 0 Å². The zero-order chi connectivity index (χ0) is 9.31. The largest absolute Gasteiger partial charge is 0.545 e. The first kappa shape index (κ1) is 8.72. The van der Waals surface area contributed by atoms with E-state index in [2.05, 4.69) is 0 Å². The van der Waals surface area contributed by atoms with Crippen LogP contribution in [0.2, 0.25) is 0 Å². The average Bonchev–Trinajstić information content (AvgIpc) is 2.53. The van der Waals surface area contributed by atoms with E-state index in [1.165, 1.54) is 0 Å². The third-order valence-corrected chi connectivity index (χ3v) is 2.45. The maximum Gasteiger partial charge on any atom is 0.172 e. The highest BCUT2D eigenvalue weighted by Gasteiger charge is 2.38. The van der Waals surface area contributed by atoms with Crippen LogP contribution in [0.4, 0.5) is 0 Å². The molecule has 1 spiro atoms. The number of hydrogen-bond donors (Lipinski definition) is 0. The summed E-state index contributed by atoms with van der Waals surface area (Å²) in [4.78, 5) is 10.6. The molecule has 0 amide bonds. The van der Waals surface area contributed by atoms with Gasteiger partial charge in [0, 0.05) is 12.8 Å². The molecule has 0 saturated carbocycles. The van der Waals surface area contributed by atoms with Gasteiger partial charge in [0.15, 0.2) is 5.79 Å². The Morgan fingerprint density at radius 1 is 1.46 bits per heavy atom. The number of rotatable bonds is 1. The van der Waals surface area contributed by atoms with Gasteiger partial charge < -0.3 is 19.4 Å². The van der Waals surface area contributed by atoms with Gasteiger partial charge in [0.25, 0.3) is 0 Å². The van der Waals surface area contributed by atoms with Crippen molar-refractivity contribution < 1.29 is 19.4 Å². The van der Waals surface area contributed by atoms with Gasteiger partial charge in [0.2, 0.25) is 0 Å². The van der Waals surface area contributed by atoms with Crippen molar-refractivity contribution >= 4 is 5.97 Å². The molecule has 0 unspecified atom stereocenters. The van der Waals surface area contributed by atoms with Crippen molar-refractivity contribution in [2.75, 3.05) is 13.2 Å². The Hall–Kier alpha value is -0.870. The zero-order valence-electron chi connectivity index (χ0n) is 7.25. The van der Waals surface area contributed by atoms with Crippen LogP contribution >= 0.6 is 0 Å². The Labute approximate surface area is 76.1 Å². The number of carbonyl (C=O) groups excluding carboxylic acids is 1. The molecule has 1 aliphatic heterocycles. The summed E-state index contributed by atoms with van der Waals surface area (Å²) in [5, 5.41) is 10.6. The Morgan fingerprint density at radius 2 is 2.15 bits per heavy atom. The van der Waals surface area contributed by atoms with Crippen LogP contribution in [-0.4, -0.2) is 25.0 Å². The maximum absolute atomic E-state index is 10.6. The molecule has 1 aliphatic carbocycles. The van der Waals surface area contributed by atoms with Gasteiger partial charge in [-0.1, -0.05) is 6.08 Å². The predicted molar refractivity (Wildman–Crippen MR) is 41.6 cm³/mol. The van der Waals surface area contributed by atoms with E-state index >= 15 is 0 Å². The first-order valence-electron chi connectivity index (χ1n) is 4.40. The topological polar surface area (TPSA) is 58.6 Å². The lowest BCUT2D eigenvalue weighted by Crippen LogP contribution is -2.37. The molecule has 0 aromatic rings. The van der Waals surface area contributed by atoms with Crippen LogP contribution < -0.4 is 5.11 Å². The summed E-state index contributed by atoms with van der Waals surface area (Å²) in [5.74, 6) is -1.78. The number of carbonyl (C=O) groups is 1. The minimum atomic E-state index is -1.11. The molecule has 0 atom stereocenters. The van der Waals surface area contributed by atoms with Crippen molar-refractivity contribution in [2.45, 2.75) is 25.0 Å². The van der Waals surface area contributed by atoms with E-state index < -0.39 is 11.8 Å². The summed E-state index contributed by atoms with van der Waals surface area (Å²) in [7, 11) is 0. The van der Waals surface area contributed by atoms with Gasteiger partial charge in [0.1, 0.15) is 0 Å². The summed E-state index contributed by atoms with van der Waals surface area (Å²) in [6, 6.07) is 0. The summed E-state index contributed by atoms with van der Waals surface area (Å²) in [6.07, 6.45) is 3.42. The first-order valence-corrected chi connectivity index (χ1v) is 4.40. The van der Waals surface area contributed by atoms with Crippen LogP contribution in [0.25, 0.3) is 0 Å². The molecule has 72 valence electrons. The quantitative estimate of drug-likeness (QED) is 0.554. The van der Waals surface area contributed by atoms with Crippen LogP contribution in [0.15, 0.2) is 11.6 Å². The molecule has 2 aliphatic rings. The SMILES string of the molecule is O=C([O-])C1=CCCC2(C1)OCCO2. The normalized spacial score (nSPS) is 26.0. The van der Waals surface area contributed by atoms with Crippen LogP contribution in [0, 0.1) is 0 Å². The molecule has 0 aromatic carbocycles. The summed E-state index contributed by atoms with van der Waals surface area (Å²) in [6.45, 7) is 1.11. The highest BCUT2D eigenvalue weighted by Crippen LogP contribution is 2.35. The lowest BCUT2D eigenvalue weighted by Gasteiger charge is -2.31. The molecule has 13 heavy (non-hydrogen) atoms. The fraction of sp³-hybridized carbons (Fsp3) is 0.667. The number of carboxylic acids is 1. The number of hydrogen-bond acceptors (Lipinski definition) is 4. The first-order chi connectivity index (χ1) is 6.22. The lowest BCUT2D eigenvalue weighted by atomic mass is 9.93. The minimum absolute atomic E-state index is 0.299. The zero-order valence-corrected chi connectivity index (χ0v) is 7.25. The van der Waals surface area contributed by atoms with Gasteiger partial charge in [-0.3, -0.25) is 0 Å². The van der Waals surface area contributed by atoms with E-state index in [0.717, 1.165) is 6.42 Å². The molecule has 4 heteroatoms. The van der Waals surface area contributed by atoms with E-state index in [1.54, 1.807) is 6.08 Å². The minimum Gasteiger partial charge on any atom is -0.545 e. The fourth-order valence-corrected chi connectivity index (χ4v) is 1.82. The third kappa shape index (κ3) is 1.59. The second-order valence-corrected chi connectivity index (χ2v) is 3.34. The number of ether oxygens (including phenoxy) is 2. The summed E-state index contributed by atoms with van der Waals surface area (Å²) < 4.78 is 10.8. The van der Waals surface area contributed by atoms with Crippen LogP contribution in [0.1, 0.15) is 19.3 Å². The van der Waals surface area contributed by atoms with Gasteiger partial charge in [0.05, 0.1) is 19.2 Å². The number of carboxylic acid groups (broad SMARTS) is 1. The van der Waals surface area contributed by atoms with Gasteiger partial charge in [-0.25, -0.2) is 0 Å². The molecule has 4 nitrogen and oxygen atoms in total. The van der Waals surface area contributed by atoms with Crippen LogP contribution in [0.3, 0.4) is 0 Å². The monoisotopic (exact) mass is 183 g/mol. The second kappa shape index (κ2) is 3.12. The Bertz CT molecular complexity index is 250. The maximum atomic E-state index is 10.6. The molecule has 0 radical (unpaired) electrons. The standard InChI is InChI=1S/C9H12O4/c10-8(11)7-2-1-3-9(6-7)12-4-5-13-9/h2H,1,3-6H2,(H,10,11)/p-1. The Balaban J connectivity index is 2.11. The molecule has 1 heterocycles. The molecular weight excluding hydrogens is 172 g/mol. The molecule has 0 N–H and O–H groups in total. The van der Waals surface area contributed by atoms with Gasteiger partial charge in [-0.05, 0) is 12.0 Å². The van der Waals surface area contributed by atoms with E-state index in [0.29, 0.717) is 31.6 Å². The van der Waals surface area contributed by atoms with Crippen molar-refractivity contribution in [3.63, 3.8) is 0 Å². The third-order valence-electron chi connectivity index (χ3n) is 2.45. The van der Waals surface area contributed by atoms with Crippen molar-refractivity contribution in [2.24, 2.45) is 0 Å². The molecule has 0 bridgehead atoms. The van der Waals surface area contributed by atoms with E-state index in [-0.39, 0.29) is 0 Å². The van der Waals surface area contributed by atoms with Gasteiger partial charge in [-0.15, -0.1) is 0 Å². The molecule has 1 fully saturated rings. The van der Waals surface area contributed by atoms with Crippen molar-refractivity contribution in [1.82, 2.24) is 0 Å². The highest BCUT2D eigenvalue weighted by atomic mass is 16.7. The van der Waals surface area contributed by atoms with Crippen molar-refractivity contribution in [3.8, 4) is 0 Å². The van der Waals surface area contributed by atoms with Crippen molar-refractivity contribution in [1.29, 1.82) is 0 Å². The predicted octanol–water partition coefficient (Wildman–Crippen LogP) is -0.410. The number of allylic oxidation sites excluding steroid dienone is 1. The molecule has 2 rings (SSSR count). The van der Waals surface area contributed by atoms with Crippen molar-refractivity contribution in [3.05, 3.63) is 11.6 Å². The molecule has 0 aromatic heterocycles. The highest BCUT2D eigenvalue weighted by molar-refractivity contribution is 5.85. The molecular formula is C9H11O4-.